The highest BCUT2D eigenvalue weighted by atomic mass is 32.2. The van der Waals surface area contributed by atoms with Gasteiger partial charge in [-0.25, -0.2) is 12.7 Å². The lowest BCUT2D eigenvalue weighted by molar-refractivity contribution is -0.138. The number of amides is 2. The predicted molar refractivity (Wildman–Crippen MR) is 93.2 cm³/mol. The second-order valence-electron chi connectivity index (χ2n) is 7.07. The van der Waals surface area contributed by atoms with Crippen LogP contribution in [0.1, 0.15) is 38.2 Å². The number of aryl methyl sites for hydroxylation is 1. The maximum atomic E-state index is 12.9. The standard InChI is InChI=1S/C18H24N2O4S/c1-13-3-5-15(6-4-13)25(23,24)20-16(7-8-17(20)21)18(22)19-11-9-14(2)10-12-19/h3-6,14,16H,7-12H2,1-2H3. The van der Waals surface area contributed by atoms with Crippen molar-refractivity contribution in [3.05, 3.63) is 29.8 Å². The van der Waals surface area contributed by atoms with Crippen LogP contribution in [-0.4, -0.2) is 48.6 Å². The molecular weight excluding hydrogens is 340 g/mol. The molecule has 1 aromatic rings. The van der Waals surface area contributed by atoms with Gasteiger partial charge in [-0.3, -0.25) is 9.59 Å². The smallest absolute Gasteiger partial charge is 0.267 e. The van der Waals surface area contributed by atoms with Crippen LogP contribution in [0, 0.1) is 12.8 Å². The third kappa shape index (κ3) is 3.42. The van der Waals surface area contributed by atoms with Gasteiger partial charge in [0.2, 0.25) is 11.8 Å². The molecule has 6 nitrogen and oxygen atoms in total. The van der Waals surface area contributed by atoms with Gasteiger partial charge < -0.3 is 4.90 Å². The van der Waals surface area contributed by atoms with Crippen molar-refractivity contribution >= 4 is 21.8 Å². The molecule has 1 aromatic carbocycles. The lowest BCUT2D eigenvalue weighted by atomic mass is 9.98. The Morgan fingerprint density at radius 1 is 1.08 bits per heavy atom. The molecule has 0 aliphatic carbocycles. The Morgan fingerprint density at radius 2 is 1.68 bits per heavy atom. The molecule has 2 heterocycles. The molecule has 1 atom stereocenters. The first-order valence-electron chi connectivity index (χ1n) is 8.73. The van der Waals surface area contributed by atoms with Crippen molar-refractivity contribution in [3.63, 3.8) is 0 Å². The average molecular weight is 364 g/mol. The van der Waals surface area contributed by atoms with Crippen molar-refractivity contribution in [1.82, 2.24) is 9.21 Å². The van der Waals surface area contributed by atoms with Gasteiger partial charge in [0.25, 0.3) is 10.0 Å². The van der Waals surface area contributed by atoms with Gasteiger partial charge in [-0.05, 0) is 44.2 Å². The van der Waals surface area contributed by atoms with E-state index in [-0.39, 0.29) is 23.6 Å². The Bertz CT molecular complexity index is 765. The highest BCUT2D eigenvalue weighted by Gasteiger charge is 2.45. The Morgan fingerprint density at radius 3 is 2.28 bits per heavy atom. The van der Waals surface area contributed by atoms with E-state index in [0.717, 1.165) is 22.7 Å². The molecule has 136 valence electrons. The summed E-state index contributed by atoms with van der Waals surface area (Å²) in [5, 5.41) is 0. The van der Waals surface area contributed by atoms with Crippen molar-refractivity contribution in [1.29, 1.82) is 0 Å². The normalized spacial score (nSPS) is 22.5. The van der Waals surface area contributed by atoms with Gasteiger partial charge >= 0.3 is 0 Å². The molecule has 0 spiro atoms. The third-order valence-electron chi connectivity index (χ3n) is 5.12. The fraction of sp³-hybridized carbons (Fsp3) is 0.556. The van der Waals surface area contributed by atoms with E-state index >= 15 is 0 Å². The summed E-state index contributed by atoms with van der Waals surface area (Å²) in [6.07, 6.45) is 2.18. The number of carbonyl (C=O) groups excluding carboxylic acids is 2. The summed E-state index contributed by atoms with van der Waals surface area (Å²) in [4.78, 5) is 26.9. The van der Waals surface area contributed by atoms with Crippen LogP contribution in [0.3, 0.4) is 0 Å². The molecule has 0 radical (unpaired) electrons. The summed E-state index contributed by atoms with van der Waals surface area (Å²) < 4.78 is 26.7. The van der Waals surface area contributed by atoms with Gasteiger partial charge in [0.05, 0.1) is 4.90 Å². The average Bonchev–Trinajstić information content (AvgIpc) is 2.98. The minimum Gasteiger partial charge on any atom is -0.341 e. The second kappa shape index (κ2) is 6.78. The monoisotopic (exact) mass is 364 g/mol. The molecule has 1 unspecified atom stereocenters. The number of carbonyl (C=O) groups is 2. The second-order valence-corrected chi connectivity index (χ2v) is 8.88. The van der Waals surface area contributed by atoms with Gasteiger partial charge in [-0.15, -0.1) is 0 Å². The van der Waals surface area contributed by atoms with Crippen LogP contribution in [0.2, 0.25) is 0 Å². The molecule has 2 aliphatic heterocycles. The van der Waals surface area contributed by atoms with E-state index in [1.54, 1.807) is 17.0 Å². The molecule has 0 aromatic heterocycles. The van der Waals surface area contributed by atoms with E-state index < -0.39 is 22.0 Å². The number of benzene rings is 1. The lowest BCUT2D eigenvalue weighted by Crippen LogP contribution is -2.50. The van der Waals surface area contributed by atoms with Crippen molar-refractivity contribution in [2.45, 2.75) is 50.5 Å². The molecule has 2 amide bonds. The Balaban J connectivity index is 1.86. The van der Waals surface area contributed by atoms with Gasteiger partial charge in [0.15, 0.2) is 0 Å². The van der Waals surface area contributed by atoms with Crippen LogP contribution < -0.4 is 0 Å². The minimum absolute atomic E-state index is 0.0541. The van der Waals surface area contributed by atoms with E-state index in [9.17, 15) is 18.0 Å². The van der Waals surface area contributed by atoms with Gasteiger partial charge in [0.1, 0.15) is 6.04 Å². The molecule has 0 N–H and O–H groups in total. The summed E-state index contributed by atoms with van der Waals surface area (Å²) in [5.74, 6) is -0.167. The molecule has 0 saturated carbocycles. The fourth-order valence-corrected chi connectivity index (χ4v) is 5.05. The Kier molecular flexibility index (Phi) is 4.86. The Labute approximate surface area is 148 Å². The van der Waals surface area contributed by atoms with Crippen LogP contribution in [-0.2, 0) is 19.6 Å². The first kappa shape index (κ1) is 17.9. The largest absolute Gasteiger partial charge is 0.341 e. The van der Waals surface area contributed by atoms with Crippen LogP contribution in [0.5, 0.6) is 0 Å². The summed E-state index contributed by atoms with van der Waals surface area (Å²) in [6.45, 7) is 5.27. The van der Waals surface area contributed by atoms with Gasteiger partial charge in [-0.1, -0.05) is 24.6 Å². The third-order valence-corrected chi connectivity index (χ3v) is 6.96. The van der Waals surface area contributed by atoms with Crippen molar-refractivity contribution < 1.29 is 18.0 Å². The lowest BCUT2D eigenvalue weighted by Gasteiger charge is -2.34. The maximum Gasteiger partial charge on any atom is 0.267 e. The molecule has 7 heteroatoms. The zero-order valence-corrected chi connectivity index (χ0v) is 15.5. The number of sulfonamides is 1. The molecule has 2 aliphatic rings. The fourth-order valence-electron chi connectivity index (χ4n) is 3.45. The van der Waals surface area contributed by atoms with Gasteiger partial charge in [-0.2, -0.15) is 0 Å². The molecule has 2 fully saturated rings. The van der Waals surface area contributed by atoms with E-state index in [2.05, 4.69) is 6.92 Å². The van der Waals surface area contributed by atoms with Crippen molar-refractivity contribution in [2.24, 2.45) is 5.92 Å². The van der Waals surface area contributed by atoms with Crippen molar-refractivity contribution in [3.8, 4) is 0 Å². The highest BCUT2D eigenvalue weighted by molar-refractivity contribution is 7.89. The van der Waals surface area contributed by atoms with E-state index in [0.29, 0.717) is 19.0 Å². The minimum atomic E-state index is -4.01. The topological polar surface area (TPSA) is 74.8 Å². The number of nitrogens with zero attached hydrogens (tertiary/aromatic N) is 2. The molecule has 3 rings (SSSR count). The van der Waals surface area contributed by atoms with Crippen LogP contribution in [0.25, 0.3) is 0 Å². The SMILES string of the molecule is Cc1ccc(S(=O)(=O)N2C(=O)CCC2C(=O)N2CCC(C)CC2)cc1. The zero-order valence-electron chi connectivity index (χ0n) is 14.6. The molecular formula is C18H24N2O4S. The summed E-state index contributed by atoms with van der Waals surface area (Å²) in [5.41, 5.74) is 0.932. The van der Waals surface area contributed by atoms with E-state index in [1.165, 1.54) is 12.1 Å². The van der Waals surface area contributed by atoms with Crippen LogP contribution >= 0.6 is 0 Å². The first-order chi connectivity index (χ1) is 11.8. The van der Waals surface area contributed by atoms with E-state index in [1.807, 2.05) is 6.92 Å². The summed E-state index contributed by atoms with van der Waals surface area (Å²) >= 11 is 0. The number of likely N-dealkylation sites (tertiary alicyclic amines) is 1. The molecule has 2 saturated heterocycles. The van der Waals surface area contributed by atoms with Crippen molar-refractivity contribution in [2.75, 3.05) is 13.1 Å². The van der Waals surface area contributed by atoms with Gasteiger partial charge in [0, 0.05) is 19.5 Å². The zero-order chi connectivity index (χ0) is 18.2. The van der Waals surface area contributed by atoms with Crippen LogP contribution in [0.4, 0.5) is 0 Å². The number of rotatable bonds is 3. The molecule has 25 heavy (non-hydrogen) atoms. The first-order valence-corrected chi connectivity index (χ1v) is 10.2. The predicted octanol–water partition coefficient (Wildman–Crippen LogP) is 1.93. The Hall–Kier alpha value is -1.89. The quantitative estimate of drug-likeness (QED) is 0.821. The van der Waals surface area contributed by atoms with E-state index in [4.69, 9.17) is 0 Å². The molecule has 0 bridgehead atoms. The number of piperidine rings is 1. The number of hydrogen-bond donors (Lipinski definition) is 0. The number of hydrogen-bond acceptors (Lipinski definition) is 4. The summed E-state index contributed by atoms with van der Waals surface area (Å²) in [6, 6.07) is 5.44. The summed E-state index contributed by atoms with van der Waals surface area (Å²) in [7, 11) is -4.01. The van der Waals surface area contributed by atoms with Crippen LogP contribution in [0.15, 0.2) is 29.2 Å². The highest BCUT2D eigenvalue weighted by Crippen LogP contribution is 2.29. The maximum absolute atomic E-state index is 12.9.